The Hall–Kier alpha value is -1.56. The Morgan fingerprint density at radius 3 is 2.26 bits per heavy atom. The quantitative estimate of drug-likeness (QED) is 0.912. The lowest BCUT2D eigenvalue weighted by molar-refractivity contribution is -0.192. The molecule has 0 saturated carbocycles. The molecule has 1 unspecified atom stereocenters. The van der Waals surface area contributed by atoms with Crippen LogP contribution >= 0.6 is 0 Å². The molecule has 0 fully saturated rings. The largest absolute Gasteiger partial charge is 0.415 e. The summed E-state index contributed by atoms with van der Waals surface area (Å²) in [5.74, 6) is -1.13. The molecule has 3 nitrogen and oxygen atoms in total. The summed E-state index contributed by atoms with van der Waals surface area (Å²) in [4.78, 5) is 12.7. The molecule has 1 aromatic rings. The highest BCUT2D eigenvalue weighted by atomic mass is 19.4. The number of rotatable bonds is 4. The molecule has 0 bridgehead atoms. The smallest absolute Gasteiger partial charge is 0.344 e. The number of nitrogens with zero attached hydrogens (tertiary/aromatic N) is 1. The number of benzene rings is 1. The standard InChI is InChI=1S/C13H17F3N2O/c1-12(17,13(14,15)16)11(19)18(2)9-8-10-6-4-3-5-7-10/h3-7H,8-9,17H2,1-2H3. The summed E-state index contributed by atoms with van der Waals surface area (Å²) in [5, 5.41) is 0. The average molecular weight is 274 g/mol. The first-order valence-electron chi connectivity index (χ1n) is 5.81. The van der Waals surface area contributed by atoms with Gasteiger partial charge in [0, 0.05) is 13.6 Å². The second kappa shape index (κ2) is 5.61. The fourth-order valence-corrected chi connectivity index (χ4v) is 1.56. The molecule has 0 aliphatic heterocycles. The van der Waals surface area contributed by atoms with E-state index in [2.05, 4.69) is 0 Å². The Morgan fingerprint density at radius 1 is 1.26 bits per heavy atom. The number of alkyl halides is 3. The van der Waals surface area contributed by atoms with E-state index in [-0.39, 0.29) is 6.54 Å². The van der Waals surface area contributed by atoms with E-state index < -0.39 is 17.6 Å². The molecule has 106 valence electrons. The van der Waals surface area contributed by atoms with Crippen molar-refractivity contribution in [2.24, 2.45) is 5.73 Å². The van der Waals surface area contributed by atoms with Crippen LogP contribution in [0.25, 0.3) is 0 Å². The summed E-state index contributed by atoms with van der Waals surface area (Å²) in [6.45, 7) is 0.875. The first kappa shape index (κ1) is 15.5. The molecular formula is C13H17F3N2O. The predicted octanol–water partition coefficient (Wildman–Crippen LogP) is 1.97. The van der Waals surface area contributed by atoms with E-state index in [9.17, 15) is 18.0 Å². The maximum atomic E-state index is 12.6. The molecule has 1 aromatic carbocycles. The van der Waals surface area contributed by atoms with Gasteiger partial charge in [-0.2, -0.15) is 13.2 Å². The van der Waals surface area contributed by atoms with Crippen LogP contribution in [0, 0.1) is 0 Å². The number of nitrogens with two attached hydrogens (primary N) is 1. The summed E-state index contributed by atoms with van der Waals surface area (Å²) in [6, 6.07) is 9.21. The van der Waals surface area contributed by atoms with Crippen LogP contribution < -0.4 is 5.73 Å². The first-order chi connectivity index (χ1) is 8.66. The van der Waals surface area contributed by atoms with Gasteiger partial charge in [0.05, 0.1) is 0 Å². The van der Waals surface area contributed by atoms with Crippen LogP contribution in [0.15, 0.2) is 30.3 Å². The van der Waals surface area contributed by atoms with Crippen molar-refractivity contribution in [2.45, 2.75) is 25.1 Å². The van der Waals surface area contributed by atoms with Gasteiger partial charge in [0.15, 0.2) is 5.54 Å². The Morgan fingerprint density at radius 2 is 1.79 bits per heavy atom. The van der Waals surface area contributed by atoms with Gasteiger partial charge in [-0.05, 0) is 18.9 Å². The van der Waals surface area contributed by atoms with Crippen LogP contribution in [0.3, 0.4) is 0 Å². The third kappa shape index (κ3) is 3.70. The minimum Gasteiger partial charge on any atom is -0.344 e. The summed E-state index contributed by atoms with van der Waals surface area (Å²) < 4.78 is 37.9. The molecule has 0 aliphatic rings. The van der Waals surface area contributed by atoms with Crippen molar-refractivity contribution < 1.29 is 18.0 Å². The molecule has 1 atom stereocenters. The molecule has 0 aliphatic carbocycles. The van der Waals surface area contributed by atoms with Crippen LogP contribution in [-0.4, -0.2) is 36.1 Å². The molecule has 0 heterocycles. The SMILES string of the molecule is CN(CCc1ccccc1)C(=O)C(C)(N)C(F)(F)F. The van der Waals surface area contributed by atoms with Crippen molar-refractivity contribution in [3.8, 4) is 0 Å². The molecule has 0 saturated heterocycles. The van der Waals surface area contributed by atoms with Crippen molar-refractivity contribution in [2.75, 3.05) is 13.6 Å². The van der Waals surface area contributed by atoms with Crippen molar-refractivity contribution in [3.63, 3.8) is 0 Å². The zero-order chi connectivity index (χ0) is 14.7. The first-order valence-corrected chi connectivity index (χ1v) is 5.81. The Bertz CT molecular complexity index is 429. The third-order valence-corrected chi connectivity index (χ3v) is 2.96. The lowest BCUT2D eigenvalue weighted by Gasteiger charge is -2.30. The van der Waals surface area contributed by atoms with Crippen molar-refractivity contribution in [1.82, 2.24) is 4.90 Å². The van der Waals surface area contributed by atoms with Crippen LogP contribution in [-0.2, 0) is 11.2 Å². The van der Waals surface area contributed by atoms with Crippen LogP contribution in [0.4, 0.5) is 13.2 Å². The fourth-order valence-electron chi connectivity index (χ4n) is 1.56. The van der Waals surface area contributed by atoms with E-state index in [0.717, 1.165) is 10.5 Å². The van der Waals surface area contributed by atoms with Gasteiger partial charge in [-0.25, -0.2) is 0 Å². The van der Waals surface area contributed by atoms with E-state index in [1.807, 2.05) is 30.3 Å². The summed E-state index contributed by atoms with van der Waals surface area (Å²) in [7, 11) is 1.32. The fraction of sp³-hybridized carbons (Fsp3) is 0.462. The van der Waals surface area contributed by atoms with Gasteiger partial charge in [-0.3, -0.25) is 4.79 Å². The maximum Gasteiger partial charge on any atom is 0.415 e. The molecule has 1 amide bonds. The number of halogens is 3. The number of amides is 1. The minimum atomic E-state index is -4.76. The highest BCUT2D eigenvalue weighted by Gasteiger charge is 2.54. The molecule has 0 aromatic heterocycles. The molecule has 1 rings (SSSR count). The van der Waals surface area contributed by atoms with Gasteiger partial charge in [0.25, 0.3) is 5.91 Å². The van der Waals surface area contributed by atoms with Crippen molar-refractivity contribution >= 4 is 5.91 Å². The minimum absolute atomic E-state index is 0.186. The number of likely N-dealkylation sites (N-methyl/N-ethyl adjacent to an activating group) is 1. The molecular weight excluding hydrogens is 257 g/mol. The zero-order valence-electron chi connectivity index (χ0n) is 10.9. The Kier molecular flexibility index (Phi) is 4.57. The highest BCUT2D eigenvalue weighted by molar-refractivity contribution is 5.86. The van der Waals surface area contributed by atoms with E-state index in [0.29, 0.717) is 13.3 Å². The summed E-state index contributed by atoms with van der Waals surface area (Å²) in [6.07, 6.45) is -4.28. The van der Waals surface area contributed by atoms with Gasteiger partial charge >= 0.3 is 6.18 Å². The van der Waals surface area contributed by atoms with Gasteiger partial charge in [-0.1, -0.05) is 30.3 Å². The van der Waals surface area contributed by atoms with E-state index in [1.165, 1.54) is 7.05 Å². The lowest BCUT2D eigenvalue weighted by Crippen LogP contribution is -2.61. The number of carbonyl (C=O) groups is 1. The molecule has 0 radical (unpaired) electrons. The van der Waals surface area contributed by atoms with Gasteiger partial charge in [0.1, 0.15) is 0 Å². The number of carbonyl (C=O) groups excluding carboxylic acids is 1. The van der Waals surface area contributed by atoms with Crippen LogP contribution in [0.5, 0.6) is 0 Å². The summed E-state index contributed by atoms with van der Waals surface area (Å²) >= 11 is 0. The maximum absolute atomic E-state index is 12.6. The molecule has 0 spiro atoms. The van der Waals surface area contributed by atoms with E-state index in [4.69, 9.17) is 5.73 Å². The lowest BCUT2D eigenvalue weighted by atomic mass is 10.0. The van der Waals surface area contributed by atoms with E-state index in [1.54, 1.807) is 0 Å². The second-order valence-corrected chi connectivity index (χ2v) is 4.66. The van der Waals surface area contributed by atoms with E-state index >= 15 is 0 Å². The van der Waals surface area contributed by atoms with Crippen molar-refractivity contribution in [1.29, 1.82) is 0 Å². The highest BCUT2D eigenvalue weighted by Crippen LogP contribution is 2.29. The third-order valence-electron chi connectivity index (χ3n) is 2.96. The topological polar surface area (TPSA) is 46.3 Å². The molecule has 19 heavy (non-hydrogen) atoms. The van der Waals surface area contributed by atoms with Crippen LogP contribution in [0.2, 0.25) is 0 Å². The Labute approximate surface area is 110 Å². The monoisotopic (exact) mass is 274 g/mol. The summed E-state index contributed by atoms with van der Waals surface area (Å²) in [5.41, 5.74) is 3.19. The Balaban J connectivity index is 2.64. The average Bonchev–Trinajstić information content (AvgIpc) is 2.34. The van der Waals surface area contributed by atoms with Crippen molar-refractivity contribution in [3.05, 3.63) is 35.9 Å². The van der Waals surface area contributed by atoms with Gasteiger partial charge < -0.3 is 10.6 Å². The number of hydrogen-bond donors (Lipinski definition) is 1. The predicted molar refractivity (Wildman–Crippen MR) is 66.4 cm³/mol. The normalized spacial score (nSPS) is 14.8. The zero-order valence-corrected chi connectivity index (χ0v) is 10.9. The molecule has 2 N–H and O–H groups in total. The second-order valence-electron chi connectivity index (χ2n) is 4.66. The van der Waals surface area contributed by atoms with Gasteiger partial charge in [-0.15, -0.1) is 0 Å². The van der Waals surface area contributed by atoms with Crippen LogP contribution in [0.1, 0.15) is 12.5 Å². The van der Waals surface area contributed by atoms with Gasteiger partial charge in [0.2, 0.25) is 0 Å². The number of hydrogen-bond acceptors (Lipinski definition) is 2. The molecule has 6 heteroatoms.